The molecule has 1 aliphatic heterocycles. The molecule has 9 heteroatoms. The van der Waals surface area contributed by atoms with Crippen LogP contribution in [0.3, 0.4) is 0 Å². The lowest BCUT2D eigenvalue weighted by atomic mass is 10.2. The van der Waals surface area contributed by atoms with Gasteiger partial charge in [0.2, 0.25) is 11.8 Å². The first-order valence-corrected chi connectivity index (χ1v) is 9.37. The van der Waals surface area contributed by atoms with Crippen molar-refractivity contribution in [3.8, 4) is 5.88 Å². The lowest BCUT2D eigenvalue weighted by Crippen LogP contribution is -2.52. The van der Waals surface area contributed by atoms with Crippen LogP contribution in [0.2, 0.25) is 0 Å². The van der Waals surface area contributed by atoms with E-state index in [0.29, 0.717) is 31.2 Å². The highest BCUT2D eigenvalue weighted by molar-refractivity contribution is 6.04. The number of aromatic nitrogens is 3. The molecule has 1 saturated heterocycles. The molecule has 4 heterocycles. The van der Waals surface area contributed by atoms with E-state index in [2.05, 4.69) is 15.0 Å². The molecule has 0 radical (unpaired) electrons. The number of carbonyl (C=O) groups is 2. The molecule has 0 unspecified atom stereocenters. The van der Waals surface area contributed by atoms with Crippen LogP contribution in [-0.4, -0.2) is 58.1 Å². The maximum atomic E-state index is 12.6. The van der Waals surface area contributed by atoms with Gasteiger partial charge in [-0.15, -0.1) is 0 Å². The summed E-state index contributed by atoms with van der Waals surface area (Å²) in [5.41, 5.74) is 2.37. The number of rotatable bonds is 5. The topological polar surface area (TPSA) is 101 Å². The highest BCUT2D eigenvalue weighted by Crippen LogP contribution is 2.29. The van der Waals surface area contributed by atoms with Crippen molar-refractivity contribution < 1.29 is 19.1 Å². The Morgan fingerprint density at radius 2 is 2.03 bits per heavy atom. The van der Waals surface area contributed by atoms with Crippen LogP contribution >= 0.6 is 0 Å². The average Bonchev–Trinajstić information content (AvgIpc) is 3.16. The number of piperazine rings is 1. The van der Waals surface area contributed by atoms with Crippen molar-refractivity contribution in [1.82, 2.24) is 19.9 Å². The van der Waals surface area contributed by atoms with Crippen LogP contribution in [0, 0.1) is 0 Å². The van der Waals surface area contributed by atoms with Gasteiger partial charge in [0.1, 0.15) is 18.8 Å². The maximum absolute atomic E-state index is 12.6. The molecule has 9 nitrogen and oxygen atoms in total. The number of hydrogen-bond donors (Lipinski definition) is 1. The van der Waals surface area contributed by atoms with Crippen LogP contribution in [0.4, 0.5) is 10.5 Å². The smallest absolute Gasteiger partial charge is 0.410 e. The number of carbonyl (C=O) groups excluding carboxylic acids is 2. The Kier molecular flexibility index (Phi) is 5.28. The predicted molar refractivity (Wildman–Crippen MR) is 106 cm³/mol. The van der Waals surface area contributed by atoms with Gasteiger partial charge in [0.05, 0.1) is 12.3 Å². The van der Waals surface area contributed by atoms with Gasteiger partial charge >= 0.3 is 6.09 Å². The minimum atomic E-state index is -0.461. The van der Waals surface area contributed by atoms with Crippen molar-refractivity contribution in [3.05, 3.63) is 48.4 Å². The third-order valence-electron chi connectivity index (χ3n) is 4.66. The van der Waals surface area contributed by atoms with Crippen LogP contribution in [0.15, 0.2) is 42.9 Å². The van der Waals surface area contributed by atoms with E-state index in [0.717, 1.165) is 16.6 Å². The van der Waals surface area contributed by atoms with Gasteiger partial charge in [0.25, 0.3) is 0 Å². The zero-order valence-electron chi connectivity index (χ0n) is 16.0. The zero-order valence-corrected chi connectivity index (χ0v) is 16.0. The summed E-state index contributed by atoms with van der Waals surface area (Å²) in [6.45, 7) is 3.22. The molecule has 0 atom stereocenters. The van der Waals surface area contributed by atoms with Gasteiger partial charge < -0.3 is 19.4 Å². The second-order valence-corrected chi connectivity index (χ2v) is 6.53. The summed E-state index contributed by atoms with van der Waals surface area (Å²) in [5.74, 6) is 0.324. The standard InChI is InChI=1S/C20H21N5O4/c1-2-28-20(27)24-9-10-25(18(26)12-24)16-11-22-19-15(16)3-4-17(23-19)29-13-14-5-7-21-8-6-14/h3-8,11H,2,9-10,12-13H2,1H3,(H,22,23). The Bertz CT molecular complexity index is 1020. The molecule has 0 saturated carbocycles. The van der Waals surface area contributed by atoms with E-state index in [9.17, 15) is 9.59 Å². The zero-order chi connectivity index (χ0) is 20.2. The Morgan fingerprint density at radius 1 is 1.21 bits per heavy atom. The molecule has 3 aromatic heterocycles. The van der Waals surface area contributed by atoms with Crippen molar-refractivity contribution in [3.63, 3.8) is 0 Å². The Hall–Kier alpha value is -3.62. The van der Waals surface area contributed by atoms with Crippen molar-refractivity contribution in [2.24, 2.45) is 0 Å². The highest BCUT2D eigenvalue weighted by atomic mass is 16.6. The SMILES string of the molecule is CCOC(=O)N1CCN(c2c[nH]c3nc(OCc4ccncc4)ccc23)C(=O)C1. The maximum Gasteiger partial charge on any atom is 0.410 e. The monoisotopic (exact) mass is 395 g/mol. The van der Waals surface area contributed by atoms with Crippen LogP contribution in [0.1, 0.15) is 12.5 Å². The minimum Gasteiger partial charge on any atom is -0.473 e. The summed E-state index contributed by atoms with van der Waals surface area (Å²) in [4.78, 5) is 39.1. The molecule has 0 spiro atoms. The number of anilines is 1. The van der Waals surface area contributed by atoms with Crippen molar-refractivity contribution >= 4 is 28.7 Å². The first-order valence-electron chi connectivity index (χ1n) is 9.37. The van der Waals surface area contributed by atoms with E-state index in [1.54, 1.807) is 36.5 Å². The van der Waals surface area contributed by atoms with Gasteiger partial charge in [-0.1, -0.05) is 0 Å². The second kappa shape index (κ2) is 8.17. The molecule has 1 fully saturated rings. The van der Waals surface area contributed by atoms with Crippen molar-refractivity contribution in [2.45, 2.75) is 13.5 Å². The number of amides is 2. The van der Waals surface area contributed by atoms with Gasteiger partial charge in [0, 0.05) is 43.1 Å². The summed E-state index contributed by atoms with van der Waals surface area (Å²) in [5, 5.41) is 0.819. The molecule has 0 bridgehead atoms. The number of fused-ring (bicyclic) bond motifs is 1. The molecule has 150 valence electrons. The molecule has 1 aliphatic rings. The van der Waals surface area contributed by atoms with E-state index in [1.807, 2.05) is 18.2 Å². The third-order valence-corrected chi connectivity index (χ3v) is 4.66. The predicted octanol–water partition coefficient (Wildman–Crippen LogP) is 2.34. The summed E-state index contributed by atoms with van der Waals surface area (Å²) < 4.78 is 10.7. The fourth-order valence-corrected chi connectivity index (χ4v) is 3.21. The molecule has 29 heavy (non-hydrogen) atoms. The summed E-state index contributed by atoms with van der Waals surface area (Å²) >= 11 is 0. The number of hydrogen-bond acceptors (Lipinski definition) is 6. The lowest BCUT2D eigenvalue weighted by Gasteiger charge is -2.33. The molecule has 0 aliphatic carbocycles. The number of aromatic amines is 1. The highest BCUT2D eigenvalue weighted by Gasteiger charge is 2.30. The fourth-order valence-electron chi connectivity index (χ4n) is 3.21. The molecule has 2 amide bonds. The van der Waals surface area contributed by atoms with Crippen LogP contribution < -0.4 is 9.64 Å². The average molecular weight is 395 g/mol. The molecular weight excluding hydrogens is 374 g/mol. The van der Waals surface area contributed by atoms with Gasteiger partial charge in [-0.05, 0) is 30.7 Å². The number of pyridine rings is 2. The van der Waals surface area contributed by atoms with Gasteiger partial charge in [-0.25, -0.2) is 4.79 Å². The van der Waals surface area contributed by atoms with Crippen LogP contribution in [-0.2, 0) is 16.1 Å². The number of nitrogens with one attached hydrogen (secondary N) is 1. The third kappa shape index (κ3) is 3.98. The molecule has 1 N–H and O–H groups in total. The van der Waals surface area contributed by atoms with E-state index >= 15 is 0 Å². The van der Waals surface area contributed by atoms with Crippen LogP contribution in [0.5, 0.6) is 5.88 Å². The lowest BCUT2D eigenvalue weighted by molar-refractivity contribution is -0.120. The Labute approximate surface area is 167 Å². The van der Waals surface area contributed by atoms with Gasteiger partial charge in [-0.3, -0.25) is 14.7 Å². The second-order valence-electron chi connectivity index (χ2n) is 6.53. The molecule has 3 aromatic rings. The van der Waals surface area contributed by atoms with Gasteiger partial charge in [0.15, 0.2) is 0 Å². The molecular formula is C20H21N5O4. The molecule has 4 rings (SSSR count). The first kappa shape index (κ1) is 18.7. The van der Waals surface area contributed by atoms with E-state index in [-0.39, 0.29) is 19.1 Å². The normalized spacial score (nSPS) is 14.3. The Morgan fingerprint density at radius 3 is 2.79 bits per heavy atom. The van der Waals surface area contributed by atoms with Crippen molar-refractivity contribution in [1.29, 1.82) is 0 Å². The van der Waals surface area contributed by atoms with E-state index < -0.39 is 6.09 Å². The summed E-state index contributed by atoms with van der Waals surface area (Å²) in [6, 6.07) is 7.42. The van der Waals surface area contributed by atoms with Crippen LogP contribution in [0.25, 0.3) is 11.0 Å². The number of nitrogens with zero attached hydrogens (tertiary/aromatic N) is 4. The van der Waals surface area contributed by atoms with Gasteiger partial charge in [-0.2, -0.15) is 4.98 Å². The molecule has 0 aromatic carbocycles. The summed E-state index contributed by atoms with van der Waals surface area (Å²) in [7, 11) is 0. The fraction of sp³-hybridized carbons (Fsp3) is 0.300. The number of H-pyrrole nitrogens is 1. The quantitative estimate of drug-likeness (QED) is 0.712. The minimum absolute atomic E-state index is 0.00787. The van der Waals surface area contributed by atoms with Crippen molar-refractivity contribution in [2.75, 3.05) is 31.1 Å². The first-order chi connectivity index (χ1) is 14.2. The Balaban J connectivity index is 1.46. The van der Waals surface area contributed by atoms with E-state index in [4.69, 9.17) is 9.47 Å². The summed E-state index contributed by atoms with van der Waals surface area (Å²) in [6.07, 6.45) is 4.72. The number of ether oxygens (including phenoxy) is 2. The largest absolute Gasteiger partial charge is 0.473 e. The van der Waals surface area contributed by atoms with E-state index in [1.165, 1.54) is 4.90 Å².